The molecular weight excluding hydrogens is 397 g/mol. The van der Waals surface area contributed by atoms with Crippen molar-refractivity contribution >= 4 is 33.5 Å². The summed E-state index contributed by atoms with van der Waals surface area (Å²) >= 11 is 0. The molecule has 0 N–H and O–H groups in total. The Hall–Kier alpha value is -3.00. The normalized spacial score (nSPS) is 17.9. The molecule has 1 aliphatic heterocycles. The Labute approximate surface area is 168 Å². The molecule has 1 fully saturated rings. The van der Waals surface area contributed by atoms with Crippen LogP contribution in [0.25, 0.3) is 6.08 Å². The summed E-state index contributed by atoms with van der Waals surface area (Å²) in [5.74, 6) is -1.71. The average molecular weight is 417 g/mol. The van der Waals surface area contributed by atoms with E-state index in [0.29, 0.717) is 17.7 Å². The van der Waals surface area contributed by atoms with Gasteiger partial charge >= 0.3 is 5.97 Å². The molecule has 2 aromatic carbocycles. The van der Waals surface area contributed by atoms with Gasteiger partial charge in [0.05, 0.1) is 17.5 Å². The summed E-state index contributed by atoms with van der Waals surface area (Å²) in [5.41, 5.74) is 1.16. The Morgan fingerprint density at radius 3 is 2.41 bits per heavy atom. The number of para-hydroxylation sites is 1. The molecule has 3 rings (SSSR count). The molecule has 152 valence electrons. The zero-order valence-corrected chi connectivity index (χ0v) is 16.3. The van der Waals surface area contributed by atoms with Crippen molar-refractivity contribution in [3.8, 4) is 0 Å². The van der Waals surface area contributed by atoms with Crippen molar-refractivity contribution in [1.29, 1.82) is 0 Å². The standard InChI is InChI=1S/C21H20FNO5S/c22-17-9-6-16(7-10-17)8-11-21(25)28-14-20(24)23(18-4-2-1-3-5-18)19-12-13-29(26,27)15-19/h1-11,19H,12-15H2/b11-8+/t19-/m1/s1. The third kappa shape index (κ3) is 5.74. The van der Waals surface area contributed by atoms with Gasteiger partial charge in [-0.1, -0.05) is 30.3 Å². The van der Waals surface area contributed by atoms with Crippen molar-refractivity contribution < 1.29 is 27.1 Å². The predicted molar refractivity (Wildman–Crippen MR) is 107 cm³/mol. The van der Waals surface area contributed by atoms with Crippen molar-refractivity contribution in [3.05, 3.63) is 72.1 Å². The molecule has 29 heavy (non-hydrogen) atoms. The Morgan fingerprint density at radius 1 is 1.10 bits per heavy atom. The summed E-state index contributed by atoms with van der Waals surface area (Å²) in [5, 5.41) is 0. The van der Waals surface area contributed by atoms with Crippen LogP contribution in [0.3, 0.4) is 0 Å². The van der Waals surface area contributed by atoms with Crippen LogP contribution in [0.1, 0.15) is 12.0 Å². The maximum atomic E-state index is 12.9. The molecule has 0 bridgehead atoms. The molecule has 0 saturated carbocycles. The molecule has 1 amide bonds. The van der Waals surface area contributed by atoms with E-state index in [1.165, 1.54) is 35.2 Å². The van der Waals surface area contributed by atoms with Crippen LogP contribution < -0.4 is 4.90 Å². The zero-order valence-electron chi connectivity index (χ0n) is 15.5. The largest absolute Gasteiger partial charge is 0.452 e. The summed E-state index contributed by atoms with van der Waals surface area (Å²) in [6.07, 6.45) is 2.93. The molecule has 0 aromatic heterocycles. The fraction of sp³-hybridized carbons (Fsp3) is 0.238. The second-order valence-corrected chi connectivity index (χ2v) is 8.88. The minimum absolute atomic E-state index is 0.0223. The van der Waals surface area contributed by atoms with Crippen LogP contribution in [0.15, 0.2) is 60.7 Å². The number of hydrogen-bond donors (Lipinski definition) is 0. The monoisotopic (exact) mass is 417 g/mol. The van der Waals surface area contributed by atoms with Crippen molar-refractivity contribution in [2.75, 3.05) is 23.0 Å². The zero-order chi connectivity index (χ0) is 20.9. The highest BCUT2D eigenvalue weighted by Crippen LogP contribution is 2.24. The summed E-state index contributed by atoms with van der Waals surface area (Å²) < 4.78 is 41.6. The Kier molecular flexibility index (Phi) is 6.43. The van der Waals surface area contributed by atoms with Crippen molar-refractivity contribution in [2.45, 2.75) is 12.5 Å². The fourth-order valence-electron chi connectivity index (χ4n) is 3.11. The van der Waals surface area contributed by atoms with Crippen LogP contribution in [0.5, 0.6) is 0 Å². The first-order chi connectivity index (χ1) is 13.8. The topological polar surface area (TPSA) is 80.8 Å². The van der Waals surface area contributed by atoms with E-state index in [2.05, 4.69) is 0 Å². The summed E-state index contributed by atoms with van der Waals surface area (Å²) in [4.78, 5) is 26.1. The van der Waals surface area contributed by atoms with Gasteiger partial charge in [-0.3, -0.25) is 4.79 Å². The number of rotatable bonds is 6. The third-order valence-electron chi connectivity index (χ3n) is 4.50. The molecule has 0 unspecified atom stereocenters. The number of benzene rings is 2. The van der Waals surface area contributed by atoms with Gasteiger partial charge in [0.15, 0.2) is 16.4 Å². The van der Waals surface area contributed by atoms with E-state index in [9.17, 15) is 22.4 Å². The number of amides is 1. The van der Waals surface area contributed by atoms with Gasteiger partial charge in [-0.2, -0.15) is 0 Å². The van der Waals surface area contributed by atoms with Gasteiger partial charge in [0, 0.05) is 11.8 Å². The maximum absolute atomic E-state index is 12.9. The second-order valence-electron chi connectivity index (χ2n) is 6.65. The molecule has 1 atom stereocenters. The molecule has 0 radical (unpaired) electrons. The van der Waals surface area contributed by atoms with E-state index in [0.717, 1.165) is 6.08 Å². The van der Waals surface area contributed by atoms with Crippen molar-refractivity contribution in [3.63, 3.8) is 0 Å². The quantitative estimate of drug-likeness (QED) is 0.533. The lowest BCUT2D eigenvalue weighted by Gasteiger charge is -2.28. The maximum Gasteiger partial charge on any atom is 0.331 e. The van der Waals surface area contributed by atoms with Gasteiger partial charge in [0.25, 0.3) is 5.91 Å². The highest BCUT2D eigenvalue weighted by molar-refractivity contribution is 7.91. The van der Waals surface area contributed by atoms with Gasteiger partial charge in [-0.15, -0.1) is 0 Å². The van der Waals surface area contributed by atoms with Crippen LogP contribution in [0, 0.1) is 5.82 Å². The molecule has 2 aromatic rings. The molecule has 1 heterocycles. The van der Waals surface area contributed by atoms with Crippen LogP contribution in [-0.4, -0.2) is 44.4 Å². The number of esters is 1. The summed E-state index contributed by atoms with van der Waals surface area (Å²) in [7, 11) is -3.20. The number of sulfone groups is 1. The van der Waals surface area contributed by atoms with E-state index < -0.39 is 34.4 Å². The molecular formula is C21H20FNO5S. The Balaban J connectivity index is 1.65. The lowest BCUT2D eigenvalue weighted by atomic mass is 10.2. The first kappa shape index (κ1) is 20.7. The van der Waals surface area contributed by atoms with Gasteiger partial charge in [0.1, 0.15) is 5.82 Å². The Bertz CT molecular complexity index is 1000. The predicted octanol–water partition coefficient (Wildman–Crippen LogP) is 2.60. The smallest absolute Gasteiger partial charge is 0.331 e. The van der Waals surface area contributed by atoms with Gasteiger partial charge in [-0.05, 0) is 42.3 Å². The van der Waals surface area contributed by atoms with E-state index in [1.807, 2.05) is 0 Å². The van der Waals surface area contributed by atoms with Crippen LogP contribution in [0.4, 0.5) is 10.1 Å². The second kappa shape index (κ2) is 9.00. The minimum atomic E-state index is -3.20. The van der Waals surface area contributed by atoms with Crippen molar-refractivity contribution in [1.82, 2.24) is 0 Å². The number of ether oxygens (including phenoxy) is 1. The number of carbonyl (C=O) groups excluding carboxylic acids is 2. The van der Waals surface area contributed by atoms with E-state index in [4.69, 9.17) is 4.74 Å². The molecule has 0 aliphatic carbocycles. The van der Waals surface area contributed by atoms with Gasteiger partial charge < -0.3 is 9.64 Å². The first-order valence-electron chi connectivity index (χ1n) is 9.02. The molecule has 1 aliphatic rings. The lowest BCUT2D eigenvalue weighted by Crippen LogP contribution is -2.43. The van der Waals surface area contributed by atoms with Crippen LogP contribution in [-0.2, 0) is 24.2 Å². The number of nitrogens with zero attached hydrogens (tertiary/aromatic N) is 1. The summed E-state index contributed by atoms with van der Waals surface area (Å²) in [6, 6.07) is 13.7. The van der Waals surface area contributed by atoms with Crippen molar-refractivity contribution in [2.24, 2.45) is 0 Å². The number of carbonyl (C=O) groups is 2. The lowest BCUT2D eigenvalue weighted by molar-refractivity contribution is -0.143. The van der Waals surface area contributed by atoms with Crippen LogP contribution >= 0.6 is 0 Å². The SMILES string of the molecule is O=C(/C=C/c1ccc(F)cc1)OCC(=O)N(c1ccccc1)[C@@H]1CCS(=O)(=O)C1. The minimum Gasteiger partial charge on any atom is -0.452 e. The van der Waals surface area contributed by atoms with Gasteiger partial charge in [0.2, 0.25) is 0 Å². The average Bonchev–Trinajstić information content (AvgIpc) is 3.06. The first-order valence-corrected chi connectivity index (χ1v) is 10.8. The highest BCUT2D eigenvalue weighted by atomic mass is 32.2. The fourth-order valence-corrected chi connectivity index (χ4v) is 4.81. The molecule has 6 nitrogen and oxygen atoms in total. The van der Waals surface area contributed by atoms with E-state index in [1.54, 1.807) is 30.3 Å². The third-order valence-corrected chi connectivity index (χ3v) is 6.25. The number of anilines is 1. The van der Waals surface area contributed by atoms with E-state index >= 15 is 0 Å². The molecule has 0 spiro atoms. The molecule has 1 saturated heterocycles. The Morgan fingerprint density at radius 2 is 1.79 bits per heavy atom. The number of halogens is 1. The summed E-state index contributed by atoms with van der Waals surface area (Å²) in [6.45, 7) is -0.516. The van der Waals surface area contributed by atoms with Gasteiger partial charge in [-0.25, -0.2) is 17.6 Å². The van der Waals surface area contributed by atoms with E-state index in [-0.39, 0.29) is 17.3 Å². The highest BCUT2D eigenvalue weighted by Gasteiger charge is 2.35. The van der Waals surface area contributed by atoms with Crippen LogP contribution in [0.2, 0.25) is 0 Å². The molecule has 8 heteroatoms. The number of hydrogen-bond acceptors (Lipinski definition) is 5.